The van der Waals surface area contributed by atoms with E-state index in [4.69, 9.17) is 5.73 Å². The van der Waals surface area contributed by atoms with Gasteiger partial charge < -0.3 is 11.1 Å². The van der Waals surface area contributed by atoms with Crippen molar-refractivity contribution in [2.75, 3.05) is 13.1 Å². The fourth-order valence-electron chi connectivity index (χ4n) is 2.17. The van der Waals surface area contributed by atoms with Gasteiger partial charge in [0.1, 0.15) is 0 Å². The van der Waals surface area contributed by atoms with Crippen LogP contribution in [0, 0.1) is 19.8 Å². The maximum absolute atomic E-state index is 12.0. The minimum atomic E-state index is 0.101. The van der Waals surface area contributed by atoms with Gasteiger partial charge in [-0.15, -0.1) is 0 Å². The molecular formula is C16H26N2O. The Hall–Kier alpha value is -1.35. The number of amides is 1. The maximum Gasteiger partial charge on any atom is 0.224 e. The number of aryl methyl sites for hydroxylation is 2. The SMILES string of the molecule is CCC(CCN)CNC(=O)Cc1cc(C)ccc1C. The molecule has 1 rings (SSSR count). The molecule has 1 unspecified atom stereocenters. The molecule has 0 aromatic heterocycles. The van der Waals surface area contributed by atoms with E-state index >= 15 is 0 Å². The first-order valence-electron chi connectivity index (χ1n) is 7.09. The number of rotatable bonds is 7. The first-order valence-corrected chi connectivity index (χ1v) is 7.09. The van der Waals surface area contributed by atoms with Crippen molar-refractivity contribution >= 4 is 5.91 Å². The van der Waals surface area contributed by atoms with Crippen LogP contribution in [0.1, 0.15) is 36.5 Å². The van der Waals surface area contributed by atoms with Gasteiger partial charge in [-0.25, -0.2) is 0 Å². The summed E-state index contributed by atoms with van der Waals surface area (Å²) >= 11 is 0. The average molecular weight is 262 g/mol. The van der Waals surface area contributed by atoms with Crippen LogP contribution >= 0.6 is 0 Å². The van der Waals surface area contributed by atoms with Crippen LogP contribution < -0.4 is 11.1 Å². The molecule has 19 heavy (non-hydrogen) atoms. The quantitative estimate of drug-likeness (QED) is 0.792. The van der Waals surface area contributed by atoms with E-state index in [1.54, 1.807) is 0 Å². The van der Waals surface area contributed by atoms with Gasteiger partial charge in [-0.05, 0) is 43.9 Å². The van der Waals surface area contributed by atoms with Gasteiger partial charge in [0.25, 0.3) is 0 Å². The second-order valence-corrected chi connectivity index (χ2v) is 5.26. The van der Waals surface area contributed by atoms with Crippen LogP contribution in [0.4, 0.5) is 0 Å². The van der Waals surface area contributed by atoms with E-state index in [2.05, 4.69) is 37.4 Å². The molecule has 3 N–H and O–H groups in total. The second-order valence-electron chi connectivity index (χ2n) is 5.26. The molecule has 1 aromatic carbocycles. The highest BCUT2D eigenvalue weighted by Gasteiger charge is 2.09. The lowest BCUT2D eigenvalue weighted by Gasteiger charge is -2.15. The number of carbonyl (C=O) groups excluding carboxylic acids is 1. The van der Waals surface area contributed by atoms with Crippen LogP contribution in [0.2, 0.25) is 0 Å². The van der Waals surface area contributed by atoms with Gasteiger partial charge in [0.15, 0.2) is 0 Å². The molecule has 0 saturated heterocycles. The zero-order chi connectivity index (χ0) is 14.3. The lowest BCUT2D eigenvalue weighted by atomic mass is 10.0. The van der Waals surface area contributed by atoms with Crippen molar-refractivity contribution in [3.05, 3.63) is 34.9 Å². The van der Waals surface area contributed by atoms with Crippen molar-refractivity contribution < 1.29 is 4.79 Å². The third-order valence-corrected chi connectivity index (χ3v) is 3.60. The molecule has 0 fully saturated rings. The Bertz CT molecular complexity index is 415. The van der Waals surface area contributed by atoms with Crippen molar-refractivity contribution in [2.45, 2.75) is 40.0 Å². The summed E-state index contributed by atoms with van der Waals surface area (Å²) in [6, 6.07) is 6.23. The summed E-state index contributed by atoms with van der Waals surface area (Å²) in [5.74, 6) is 0.594. The van der Waals surface area contributed by atoms with Gasteiger partial charge in [-0.3, -0.25) is 4.79 Å². The number of hydrogen-bond donors (Lipinski definition) is 2. The summed E-state index contributed by atoms with van der Waals surface area (Å²) < 4.78 is 0. The number of carbonyl (C=O) groups is 1. The highest BCUT2D eigenvalue weighted by molar-refractivity contribution is 5.78. The third-order valence-electron chi connectivity index (χ3n) is 3.60. The normalized spacial score (nSPS) is 12.2. The first kappa shape index (κ1) is 15.7. The lowest BCUT2D eigenvalue weighted by molar-refractivity contribution is -0.120. The average Bonchev–Trinajstić information content (AvgIpc) is 2.39. The smallest absolute Gasteiger partial charge is 0.224 e. The van der Waals surface area contributed by atoms with Crippen molar-refractivity contribution in [3.63, 3.8) is 0 Å². The Morgan fingerprint density at radius 2 is 2.11 bits per heavy atom. The topological polar surface area (TPSA) is 55.1 Å². The second kappa shape index (κ2) is 7.95. The molecule has 0 aliphatic rings. The number of nitrogens with two attached hydrogens (primary N) is 1. The molecule has 0 saturated carbocycles. The van der Waals surface area contributed by atoms with E-state index in [0.29, 0.717) is 18.9 Å². The van der Waals surface area contributed by atoms with Crippen molar-refractivity contribution in [1.82, 2.24) is 5.32 Å². The van der Waals surface area contributed by atoms with Crippen LogP contribution in [0.3, 0.4) is 0 Å². The molecule has 106 valence electrons. The first-order chi connectivity index (χ1) is 9.06. The highest BCUT2D eigenvalue weighted by Crippen LogP contribution is 2.11. The number of benzene rings is 1. The van der Waals surface area contributed by atoms with E-state index in [9.17, 15) is 4.79 Å². The molecule has 0 aliphatic carbocycles. The summed E-state index contributed by atoms with van der Waals surface area (Å²) in [7, 11) is 0. The van der Waals surface area contributed by atoms with Crippen LogP contribution in [-0.2, 0) is 11.2 Å². The molecular weight excluding hydrogens is 236 g/mol. The molecule has 0 bridgehead atoms. The van der Waals surface area contributed by atoms with E-state index in [1.165, 1.54) is 11.1 Å². The van der Waals surface area contributed by atoms with Gasteiger partial charge in [-0.1, -0.05) is 37.1 Å². The maximum atomic E-state index is 12.0. The van der Waals surface area contributed by atoms with E-state index in [0.717, 1.165) is 24.9 Å². The Morgan fingerprint density at radius 1 is 1.37 bits per heavy atom. The van der Waals surface area contributed by atoms with Gasteiger partial charge in [0.2, 0.25) is 5.91 Å². The summed E-state index contributed by atoms with van der Waals surface area (Å²) in [6.07, 6.45) is 2.49. The Morgan fingerprint density at radius 3 is 2.74 bits per heavy atom. The Kier molecular flexibility index (Phi) is 6.57. The van der Waals surface area contributed by atoms with Crippen molar-refractivity contribution in [2.24, 2.45) is 11.7 Å². The standard InChI is InChI=1S/C16H26N2O/c1-4-14(7-8-17)11-18-16(19)10-15-9-12(2)5-6-13(15)3/h5-6,9,14H,4,7-8,10-11,17H2,1-3H3,(H,18,19). The summed E-state index contributed by atoms with van der Waals surface area (Å²) in [4.78, 5) is 12.0. The predicted octanol–water partition coefficient (Wildman–Crippen LogP) is 2.34. The summed E-state index contributed by atoms with van der Waals surface area (Å²) in [5, 5.41) is 3.02. The highest BCUT2D eigenvalue weighted by atomic mass is 16.1. The van der Waals surface area contributed by atoms with E-state index < -0.39 is 0 Å². The summed E-state index contributed by atoms with van der Waals surface area (Å²) in [5.41, 5.74) is 9.05. The molecule has 0 radical (unpaired) electrons. The van der Waals surface area contributed by atoms with Gasteiger partial charge in [0, 0.05) is 6.54 Å². The monoisotopic (exact) mass is 262 g/mol. The van der Waals surface area contributed by atoms with Gasteiger partial charge in [0.05, 0.1) is 6.42 Å². The van der Waals surface area contributed by atoms with Crippen LogP contribution in [0.25, 0.3) is 0 Å². The van der Waals surface area contributed by atoms with Crippen molar-refractivity contribution in [1.29, 1.82) is 0 Å². The zero-order valence-electron chi connectivity index (χ0n) is 12.3. The largest absolute Gasteiger partial charge is 0.356 e. The predicted molar refractivity (Wildman–Crippen MR) is 80.1 cm³/mol. The Labute approximate surface area is 116 Å². The van der Waals surface area contributed by atoms with Crippen LogP contribution in [-0.4, -0.2) is 19.0 Å². The third kappa shape index (κ3) is 5.43. The minimum Gasteiger partial charge on any atom is -0.356 e. The van der Waals surface area contributed by atoms with Crippen LogP contribution in [0.15, 0.2) is 18.2 Å². The summed E-state index contributed by atoms with van der Waals surface area (Å²) in [6.45, 7) is 7.65. The zero-order valence-corrected chi connectivity index (χ0v) is 12.3. The molecule has 0 heterocycles. The molecule has 3 heteroatoms. The molecule has 1 aromatic rings. The molecule has 0 spiro atoms. The fourth-order valence-corrected chi connectivity index (χ4v) is 2.17. The van der Waals surface area contributed by atoms with Gasteiger partial charge >= 0.3 is 0 Å². The molecule has 0 aliphatic heterocycles. The number of hydrogen-bond acceptors (Lipinski definition) is 2. The molecule has 1 atom stereocenters. The Balaban J connectivity index is 2.48. The van der Waals surface area contributed by atoms with Gasteiger partial charge in [-0.2, -0.15) is 0 Å². The van der Waals surface area contributed by atoms with Crippen LogP contribution in [0.5, 0.6) is 0 Å². The molecule has 1 amide bonds. The van der Waals surface area contributed by atoms with Crippen molar-refractivity contribution in [3.8, 4) is 0 Å². The van der Waals surface area contributed by atoms with E-state index in [-0.39, 0.29) is 5.91 Å². The fraction of sp³-hybridized carbons (Fsp3) is 0.562. The lowest BCUT2D eigenvalue weighted by Crippen LogP contribution is -2.31. The molecule has 3 nitrogen and oxygen atoms in total. The number of nitrogens with one attached hydrogen (secondary N) is 1. The van der Waals surface area contributed by atoms with E-state index in [1.807, 2.05) is 6.92 Å². The minimum absolute atomic E-state index is 0.101.